The van der Waals surface area contributed by atoms with Crippen LogP contribution in [0.2, 0.25) is 0 Å². The van der Waals surface area contributed by atoms with Gasteiger partial charge in [0.15, 0.2) is 0 Å². The number of anilines is 1. The molecule has 3 aromatic rings. The molecule has 7 nitrogen and oxygen atoms in total. The molecule has 1 aliphatic heterocycles. The number of ether oxygens (including phenoxy) is 1. The van der Waals surface area contributed by atoms with Gasteiger partial charge in [0.25, 0.3) is 5.91 Å². The Kier molecular flexibility index (Phi) is 7.52. The number of nitrogens with one attached hydrogen (secondary N) is 2. The third kappa shape index (κ3) is 5.25. The number of nitrogens with zero attached hydrogens (tertiary/aromatic N) is 3. The molecule has 34 heavy (non-hydrogen) atoms. The average Bonchev–Trinajstić information content (AvgIpc) is 2.86. The maximum absolute atomic E-state index is 13.6. The van der Waals surface area contributed by atoms with Gasteiger partial charge in [-0.25, -0.2) is 4.98 Å². The van der Waals surface area contributed by atoms with Crippen LogP contribution in [0.1, 0.15) is 42.1 Å². The van der Waals surface area contributed by atoms with Gasteiger partial charge in [0.2, 0.25) is 5.88 Å². The Hall–Kier alpha value is -3.74. The number of carbonyl (C=O) groups excluding carboxylic acids is 1. The zero-order valence-corrected chi connectivity index (χ0v) is 19.7. The molecular weight excluding hydrogens is 426 g/mol. The number of hydrogen-bond acceptors (Lipinski definition) is 6. The maximum atomic E-state index is 13.6. The van der Waals surface area contributed by atoms with Crippen molar-refractivity contribution in [1.82, 2.24) is 9.88 Å². The molecule has 1 aliphatic rings. The summed E-state index contributed by atoms with van der Waals surface area (Å²) in [6.07, 6.45) is 7.11. The summed E-state index contributed by atoms with van der Waals surface area (Å²) in [5.74, 6) is 1.02. The summed E-state index contributed by atoms with van der Waals surface area (Å²) in [5, 5.41) is 13.2. The Bertz CT molecular complexity index is 1190. The molecule has 0 bridgehead atoms. The van der Waals surface area contributed by atoms with Gasteiger partial charge in [0, 0.05) is 30.4 Å². The van der Waals surface area contributed by atoms with Crippen LogP contribution in [0.3, 0.4) is 0 Å². The average molecular weight is 458 g/mol. The van der Waals surface area contributed by atoms with E-state index in [1.807, 2.05) is 54.3 Å². The highest BCUT2D eigenvalue weighted by Gasteiger charge is 2.32. The van der Waals surface area contributed by atoms with Gasteiger partial charge in [-0.3, -0.25) is 10.2 Å². The molecule has 1 saturated heterocycles. The second kappa shape index (κ2) is 10.9. The fraction of sp³-hybridized carbons (Fsp3) is 0.333. The van der Waals surface area contributed by atoms with Crippen molar-refractivity contribution in [2.45, 2.75) is 39.2 Å². The molecule has 1 amide bonds. The Morgan fingerprint density at radius 3 is 3.00 bits per heavy atom. The number of aryl methyl sites for hydroxylation is 1. The maximum Gasteiger partial charge on any atom is 0.256 e. The minimum atomic E-state index is 0.00471. The largest absolute Gasteiger partial charge is 0.477 e. The van der Waals surface area contributed by atoms with Crippen molar-refractivity contribution in [3.63, 3.8) is 0 Å². The van der Waals surface area contributed by atoms with Gasteiger partial charge in [-0.05, 0) is 68.7 Å². The van der Waals surface area contributed by atoms with E-state index in [-0.39, 0.29) is 11.9 Å². The van der Waals surface area contributed by atoms with Crippen LogP contribution in [0.4, 0.5) is 5.69 Å². The minimum absolute atomic E-state index is 0.00471. The van der Waals surface area contributed by atoms with Gasteiger partial charge in [0.1, 0.15) is 0 Å². The smallest absolute Gasteiger partial charge is 0.256 e. The first-order valence-corrected chi connectivity index (χ1v) is 11.7. The van der Waals surface area contributed by atoms with Crippen LogP contribution in [-0.2, 0) is 0 Å². The van der Waals surface area contributed by atoms with E-state index < -0.39 is 0 Å². The summed E-state index contributed by atoms with van der Waals surface area (Å²) in [6.45, 7) is 5.41. The highest BCUT2D eigenvalue weighted by molar-refractivity contribution is 6.14. The Morgan fingerprint density at radius 2 is 2.15 bits per heavy atom. The number of pyridine rings is 1. The highest BCUT2D eigenvalue weighted by Crippen LogP contribution is 2.30. The van der Waals surface area contributed by atoms with E-state index in [2.05, 4.69) is 28.5 Å². The molecular formula is C27H31N5O2. The van der Waals surface area contributed by atoms with Crippen LogP contribution < -0.4 is 10.2 Å². The quantitative estimate of drug-likeness (QED) is 0.355. The third-order valence-electron chi connectivity index (χ3n) is 6.51. The van der Waals surface area contributed by atoms with Gasteiger partial charge in [0.05, 0.1) is 24.1 Å². The predicted molar refractivity (Wildman–Crippen MR) is 137 cm³/mol. The van der Waals surface area contributed by atoms with E-state index in [1.165, 1.54) is 6.21 Å². The van der Waals surface area contributed by atoms with Gasteiger partial charge < -0.3 is 15.0 Å². The number of benzene rings is 2. The van der Waals surface area contributed by atoms with E-state index in [4.69, 9.17) is 10.1 Å². The second-order valence-corrected chi connectivity index (χ2v) is 8.72. The van der Waals surface area contributed by atoms with Gasteiger partial charge in [-0.15, -0.1) is 0 Å². The molecule has 4 rings (SSSR count). The van der Waals surface area contributed by atoms with Crippen molar-refractivity contribution in [1.29, 1.82) is 5.41 Å². The van der Waals surface area contributed by atoms with Crippen LogP contribution in [0.25, 0.3) is 10.8 Å². The van der Waals surface area contributed by atoms with Crippen LogP contribution in [0.15, 0.2) is 59.8 Å². The number of likely N-dealkylation sites (tertiary alicyclic amines) is 1. The SMILES string of the molecule is Cc1ccc(N/N=C\C=N)c(C(=O)N2CCC[C@@H](CCOc3nccc4ccccc34)[C@@H]2C)c1. The number of fused-ring (bicyclic) bond motifs is 1. The lowest BCUT2D eigenvalue weighted by Crippen LogP contribution is -2.47. The number of hydrazone groups is 1. The minimum Gasteiger partial charge on any atom is -0.477 e. The fourth-order valence-corrected chi connectivity index (χ4v) is 4.64. The molecule has 0 radical (unpaired) electrons. The van der Waals surface area contributed by atoms with Crippen molar-refractivity contribution in [3.8, 4) is 5.88 Å². The Balaban J connectivity index is 1.43. The summed E-state index contributed by atoms with van der Waals surface area (Å²) < 4.78 is 6.08. The molecule has 0 aliphatic carbocycles. The van der Waals surface area contributed by atoms with Gasteiger partial charge >= 0.3 is 0 Å². The number of amides is 1. The monoisotopic (exact) mass is 457 g/mol. The molecule has 0 unspecified atom stereocenters. The first-order valence-electron chi connectivity index (χ1n) is 11.7. The molecule has 1 fully saturated rings. The third-order valence-corrected chi connectivity index (χ3v) is 6.51. The number of piperidine rings is 1. The fourth-order valence-electron chi connectivity index (χ4n) is 4.64. The van der Waals surface area contributed by atoms with E-state index in [1.54, 1.807) is 6.20 Å². The molecule has 2 aromatic carbocycles. The molecule has 7 heteroatoms. The summed E-state index contributed by atoms with van der Waals surface area (Å²) in [7, 11) is 0. The van der Waals surface area contributed by atoms with Crippen LogP contribution in [-0.4, -0.2) is 47.4 Å². The van der Waals surface area contributed by atoms with Crippen LogP contribution in [0, 0.1) is 18.3 Å². The standard InChI is InChI=1S/C27H31N5O2/c1-19-9-10-25(31-30-15-13-28)24(18-19)27(33)32-16-5-7-21(20(32)2)12-17-34-26-23-8-4-3-6-22(23)11-14-29-26/h3-4,6,8-11,13-15,18,20-21,28,31H,5,7,12,16-17H2,1-2H3/b28-13?,30-15-/t20-,21-/m0/s1. The van der Waals surface area contributed by atoms with Crippen molar-refractivity contribution in [3.05, 3.63) is 65.9 Å². The Labute approximate surface area is 200 Å². The number of hydrogen-bond donors (Lipinski definition) is 2. The zero-order valence-electron chi connectivity index (χ0n) is 19.7. The molecule has 2 heterocycles. The summed E-state index contributed by atoms with van der Waals surface area (Å²) in [6, 6.07) is 15.9. The lowest BCUT2D eigenvalue weighted by atomic mass is 9.87. The topological polar surface area (TPSA) is 90.7 Å². The first kappa shape index (κ1) is 23.4. The van der Waals surface area contributed by atoms with E-state index in [0.717, 1.165) is 48.4 Å². The molecule has 0 spiro atoms. The first-order chi connectivity index (χ1) is 16.6. The van der Waals surface area contributed by atoms with Crippen molar-refractivity contribution >= 4 is 34.8 Å². The zero-order chi connectivity index (χ0) is 23.9. The lowest BCUT2D eigenvalue weighted by Gasteiger charge is -2.39. The number of carbonyl (C=O) groups is 1. The second-order valence-electron chi connectivity index (χ2n) is 8.72. The van der Waals surface area contributed by atoms with Crippen LogP contribution in [0.5, 0.6) is 5.88 Å². The van der Waals surface area contributed by atoms with Gasteiger partial charge in [-0.2, -0.15) is 5.10 Å². The number of aromatic nitrogens is 1. The molecule has 2 atom stereocenters. The van der Waals surface area contributed by atoms with Crippen molar-refractivity contribution in [2.24, 2.45) is 11.0 Å². The highest BCUT2D eigenvalue weighted by atomic mass is 16.5. The molecule has 0 saturated carbocycles. The molecule has 2 N–H and O–H groups in total. The van der Waals surface area contributed by atoms with E-state index >= 15 is 0 Å². The normalized spacial score (nSPS) is 18.2. The van der Waals surface area contributed by atoms with E-state index in [9.17, 15) is 4.79 Å². The molecule has 176 valence electrons. The van der Waals surface area contributed by atoms with Crippen LogP contribution >= 0.6 is 0 Å². The van der Waals surface area contributed by atoms with Crippen molar-refractivity contribution in [2.75, 3.05) is 18.6 Å². The van der Waals surface area contributed by atoms with Crippen molar-refractivity contribution < 1.29 is 9.53 Å². The predicted octanol–water partition coefficient (Wildman–Crippen LogP) is 5.30. The summed E-state index contributed by atoms with van der Waals surface area (Å²) >= 11 is 0. The van der Waals surface area contributed by atoms with E-state index in [0.29, 0.717) is 29.7 Å². The summed E-state index contributed by atoms with van der Waals surface area (Å²) in [4.78, 5) is 19.9. The Morgan fingerprint density at radius 1 is 1.29 bits per heavy atom. The lowest BCUT2D eigenvalue weighted by molar-refractivity contribution is 0.0499. The number of rotatable bonds is 8. The molecule has 1 aromatic heterocycles. The van der Waals surface area contributed by atoms with Gasteiger partial charge in [-0.1, -0.05) is 29.8 Å². The summed E-state index contributed by atoms with van der Waals surface area (Å²) in [5.41, 5.74) is 5.16.